The zero-order valence-electron chi connectivity index (χ0n) is 12.6. The molecule has 0 aliphatic rings. The first-order chi connectivity index (χ1) is 10.0. The first-order valence-electron chi connectivity index (χ1n) is 7.12. The number of rotatable bonds is 5. The molecule has 0 aliphatic carbocycles. The van der Waals surface area contributed by atoms with Crippen LogP contribution in [-0.2, 0) is 12.8 Å². The lowest BCUT2D eigenvalue weighted by atomic mass is 10.1. The van der Waals surface area contributed by atoms with Crippen LogP contribution in [0.25, 0.3) is 0 Å². The average Bonchev–Trinajstić information content (AvgIpc) is 2.53. The highest BCUT2D eigenvalue weighted by atomic mass is 16.4. The SMILES string of the molecule is CCc1ccc(N(C)c2cc(C(=O)O)cc(CC)n2)cc1. The molecule has 21 heavy (non-hydrogen) atoms. The van der Waals surface area contributed by atoms with E-state index in [1.807, 2.05) is 31.0 Å². The molecule has 1 N–H and O–H groups in total. The number of aromatic carboxylic acids is 1. The highest BCUT2D eigenvalue weighted by Gasteiger charge is 2.12. The summed E-state index contributed by atoms with van der Waals surface area (Å²) >= 11 is 0. The van der Waals surface area contributed by atoms with E-state index in [9.17, 15) is 9.90 Å². The predicted octanol–water partition coefficient (Wildman–Crippen LogP) is 3.67. The van der Waals surface area contributed by atoms with Gasteiger partial charge < -0.3 is 10.0 Å². The van der Waals surface area contributed by atoms with Crippen LogP contribution in [0.1, 0.15) is 35.5 Å². The van der Waals surface area contributed by atoms with Crippen LogP contribution in [0.5, 0.6) is 0 Å². The molecule has 0 atom stereocenters. The number of hydrogen-bond acceptors (Lipinski definition) is 3. The quantitative estimate of drug-likeness (QED) is 0.910. The molecule has 0 bridgehead atoms. The third kappa shape index (κ3) is 3.40. The summed E-state index contributed by atoms with van der Waals surface area (Å²) in [6.07, 6.45) is 1.70. The molecule has 0 amide bonds. The lowest BCUT2D eigenvalue weighted by Crippen LogP contribution is -2.13. The van der Waals surface area contributed by atoms with Crippen LogP contribution in [0.15, 0.2) is 36.4 Å². The molecule has 0 aliphatic heterocycles. The standard InChI is InChI=1S/C17H20N2O2/c1-4-12-6-8-15(9-7-12)19(3)16-11-13(17(20)21)10-14(5-2)18-16/h6-11H,4-5H2,1-3H3,(H,20,21). The number of pyridine rings is 1. The minimum absolute atomic E-state index is 0.272. The molecular formula is C17H20N2O2. The van der Waals surface area contributed by atoms with Crippen LogP contribution in [0.2, 0.25) is 0 Å². The summed E-state index contributed by atoms with van der Waals surface area (Å²) in [5.41, 5.74) is 3.31. The van der Waals surface area contributed by atoms with E-state index in [4.69, 9.17) is 0 Å². The lowest BCUT2D eigenvalue weighted by Gasteiger charge is -2.20. The smallest absolute Gasteiger partial charge is 0.335 e. The molecule has 0 saturated heterocycles. The van der Waals surface area contributed by atoms with Crippen molar-refractivity contribution in [3.05, 3.63) is 53.2 Å². The summed E-state index contributed by atoms with van der Waals surface area (Å²) in [7, 11) is 1.90. The van der Waals surface area contributed by atoms with Crippen LogP contribution in [0.3, 0.4) is 0 Å². The van der Waals surface area contributed by atoms with Gasteiger partial charge in [-0.1, -0.05) is 26.0 Å². The van der Waals surface area contributed by atoms with Crippen LogP contribution in [-0.4, -0.2) is 23.1 Å². The van der Waals surface area contributed by atoms with Gasteiger partial charge >= 0.3 is 5.97 Å². The van der Waals surface area contributed by atoms with E-state index in [1.54, 1.807) is 12.1 Å². The number of aryl methyl sites for hydroxylation is 2. The third-order valence-electron chi connectivity index (χ3n) is 3.55. The zero-order valence-corrected chi connectivity index (χ0v) is 12.6. The van der Waals surface area contributed by atoms with Crippen molar-refractivity contribution in [2.45, 2.75) is 26.7 Å². The Morgan fingerprint density at radius 3 is 2.33 bits per heavy atom. The molecule has 0 fully saturated rings. The summed E-state index contributed by atoms with van der Waals surface area (Å²) in [5.74, 6) is -0.279. The second kappa shape index (κ2) is 6.39. The van der Waals surface area contributed by atoms with Gasteiger partial charge in [-0.05, 0) is 42.7 Å². The molecule has 4 heteroatoms. The topological polar surface area (TPSA) is 53.4 Å². The highest BCUT2D eigenvalue weighted by molar-refractivity contribution is 5.89. The van der Waals surface area contributed by atoms with Crippen molar-refractivity contribution in [2.75, 3.05) is 11.9 Å². The molecular weight excluding hydrogens is 264 g/mol. The minimum atomic E-state index is -0.928. The molecule has 1 aromatic heterocycles. The van der Waals surface area contributed by atoms with E-state index >= 15 is 0 Å². The van der Waals surface area contributed by atoms with Crippen LogP contribution < -0.4 is 4.90 Å². The second-order valence-electron chi connectivity index (χ2n) is 4.94. The van der Waals surface area contributed by atoms with E-state index in [1.165, 1.54) is 5.56 Å². The number of benzene rings is 1. The largest absolute Gasteiger partial charge is 0.478 e. The van der Waals surface area contributed by atoms with Crippen molar-refractivity contribution in [3.63, 3.8) is 0 Å². The second-order valence-corrected chi connectivity index (χ2v) is 4.94. The number of nitrogens with zero attached hydrogens (tertiary/aromatic N) is 2. The molecule has 1 aromatic carbocycles. The summed E-state index contributed by atoms with van der Waals surface area (Å²) < 4.78 is 0. The first kappa shape index (κ1) is 15.0. The molecule has 0 saturated carbocycles. The number of carbonyl (C=O) groups is 1. The van der Waals surface area contributed by atoms with Gasteiger partial charge in [0.15, 0.2) is 0 Å². The lowest BCUT2D eigenvalue weighted by molar-refractivity contribution is 0.0696. The molecule has 2 rings (SSSR count). The van der Waals surface area contributed by atoms with Crippen LogP contribution in [0.4, 0.5) is 11.5 Å². The molecule has 1 heterocycles. The number of aromatic nitrogens is 1. The number of carboxylic acids is 1. The fourth-order valence-electron chi connectivity index (χ4n) is 2.14. The Kier molecular flexibility index (Phi) is 4.58. The van der Waals surface area contributed by atoms with Gasteiger partial charge in [-0.3, -0.25) is 0 Å². The normalized spacial score (nSPS) is 10.4. The van der Waals surface area contributed by atoms with Gasteiger partial charge in [-0.15, -0.1) is 0 Å². The van der Waals surface area contributed by atoms with Gasteiger partial charge in [0.05, 0.1) is 5.56 Å². The Bertz CT molecular complexity index is 636. The van der Waals surface area contributed by atoms with Gasteiger partial charge in [-0.25, -0.2) is 9.78 Å². The third-order valence-corrected chi connectivity index (χ3v) is 3.55. The Balaban J connectivity index is 2.38. The van der Waals surface area contributed by atoms with Crippen molar-refractivity contribution >= 4 is 17.5 Å². The van der Waals surface area contributed by atoms with Gasteiger partial charge in [0.25, 0.3) is 0 Å². The van der Waals surface area contributed by atoms with Crippen molar-refractivity contribution in [2.24, 2.45) is 0 Å². The number of anilines is 2. The van der Waals surface area contributed by atoms with E-state index in [2.05, 4.69) is 24.0 Å². The molecule has 0 unspecified atom stereocenters. The van der Waals surface area contributed by atoms with E-state index < -0.39 is 5.97 Å². The zero-order chi connectivity index (χ0) is 15.4. The van der Waals surface area contributed by atoms with Gasteiger partial charge in [-0.2, -0.15) is 0 Å². The molecule has 4 nitrogen and oxygen atoms in total. The van der Waals surface area contributed by atoms with Crippen molar-refractivity contribution in [3.8, 4) is 0 Å². The first-order valence-corrected chi connectivity index (χ1v) is 7.12. The monoisotopic (exact) mass is 284 g/mol. The number of carboxylic acid groups (broad SMARTS) is 1. The summed E-state index contributed by atoms with van der Waals surface area (Å²) in [4.78, 5) is 17.6. The highest BCUT2D eigenvalue weighted by Crippen LogP contribution is 2.24. The molecule has 0 spiro atoms. The molecule has 2 aromatic rings. The van der Waals surface area contributed by atoms with Gasteiger partial charge in [0.1, 0.15) is 5.82 Å². The van der Waals surface area contributed by atoms with Crippen LogP contribution in [0, 0.1) is 0 Å². The van der Waals surface area contributed by atoms with E-state index in [0.29, 0.717) is 12.2 Å². The predicted molar refractivity (Wildman–Crippen MR) is 84.5 cm³/mol. The maximum Gasteiger partial charge on any atom is 0.335 e. The Hall–Kier alpha value is -2.36. The maximum atomic E-state index is 11.2. The number of hydrogen-bond donors (Lipinski definition) is 1. The Morgan fingerprint density at radius 2 is 1.81 bits per heavy atom. The average molecular weight is 284 g/mol. The minimum Gasteiger partial charge on any atom is -0.478 e. The maximum absolute atomic E-state index is 11.2. The Morgan fingerprint density at radius 1 is 1.14 bits per heavy atom. The van der Waals surface area contributed by atoms with Crippen molar-refractivity contribution in [1.82, 2.24) is 4.98 Å². The Labute approximate surface area is 125 Å². The summed E-state index contributed by atoms with van der Waals surface area (Å²) in [5, 5.41) is 9.20. The molecule has 110 valence electrons. The van der Waals surface area contributed by atoms with E-state index in [0.717, 1.165) is 17.8 Å². The summed E-state index contributed by atoms with van der Waals surface area (Å²) in [6, 6.07) is 11.4. The van der Waals surface area contributed by atoms with Crippen LogP contribution >= 0.6 is 0 Å². The van der Waals surface area contributed by atoms with Gasteiger partial charge in [0, 0.05) is 18.4 Å². The fraction of sp³-hybridized carbons (Fsp3) is 0.294. The molecule has 0 radical (unpaired) electrons. The summed E-state index contributed by atoms with van der Waals surface area (Å²) in [6.45, 7) is 4.08. The van der Waals surface area contributed by atoms with E-state index in [-0.39, 0.29) is 5.56 Å². The van der Waals surface area contributed by atoms with Gasteiger partial charge in [0.2, 0.25) is 0 Å². The fourth-order valence-corrected chi connectivity index (χ4v) is 2.14. The van der Waals surface area contributed by atoms with Crippen molar-refractivity contribution < 1.29 is 9.90 Å². The van der Waals surface area contributed by atoms with Crippen molar-refractivity contribution in [1.29, 1.82) is 0 Å².